The van der Waals surface area contributed by atoms with Gasteiger partial charge in [-0.25, -0.2) is 0 Å². The van der Waals surface area contributed by atoms with Crippen LogP contribution in [0.15, 0.2) is 30.3 Å². The molecule has 0 N–H and O–H groups in total. The van der Waals surface area contributed by atoms with Gasteiger partial charge in [0.25, 0.3) is 0 Å². The Balaban J connectivity index is 2.04. The van der Waals surface area contributed by atoms with E-state index in [1.807, 2.05) is 0 Å². The van der Waals surface area contributed by atoms with E-state index < -0.39 is 0 Å². The number of ether oxygens (including phenoxy) is 2. The molecule has 2 aromatic rings. The Kier molecular flexibility index (Phi) is 10.9. The van der Waals surface area contributed by atoms with E-state index >= 15 is 0 Å². The van der Waals surface area contributed by atoms with Crippen molar-refractivity contribution in [1.29, 1.82) is 0 Å². The van der Waals surface area contributed by atoms with Gasteiger partial charge in [0.15, 0.2) is 0 Å². The minimum Gasteiger partial charge on any atom is -0.493 e. The van der Waals surface area contributed by atoms with Gasteiger partial charge in [0.2, 0.25) is 0 Å². The summed E-state index contributed by atoms with van der Waals surface area (Å²) in [4.78, 5) is 0.631. The van der Waals surface area contributed by atoms with Crippen LogP contribution in [0, 0.1) is 12.8 Å². The van der Waals surface area contributed by atoms with Gasteiger partial charge in [-0.2, -0.15) is 0 Å². The number of halogens is 1. The Hall–Kier alpha value is -1.22. The first kappa shape index (κ1) is 24.1. The Morgan fingerprint density at radius 3 is 2.28 bits per heavy atom. The standard InChI is InChI=1S/C26H39BrO2/c1-5-8-11-21(6-2)19-29-25-15-16-26(24-18-20(4)13-14-23(24)25)28-17-10-9-12-22(27)7-3/h13-16,18,21-22H,5-12,17,19H2,1-4H3. The second-order valence-electron chi connectivity index (χ2n) is 8.19. The maximum absolute atomic E-state index is 6.29. The molecule has 0 saturated carbocycles. The summed E-state index contributed by atoms with van der Waals surface area (Å²) in [5.74, 6) is 2.58. The number of unbranched alkanes of at least 4 members (excludes halogenated alkanes) is 2. The van der Waals surface area contributed by atoms with Crippen LogP contribution in [-0.2, 0) is 0 Å². The number of aryl methyl sites for hydroxylation is 1. The highest BCUT2D eigenvalue weighted by atomic mass is 79.9. The Labute approximate surface area is 186 Å². The lowest BCUT2D eigenvalue weighted by Crippen LogP contribution is -2.11. The van der Waals surface area contributed by atoms with E-state index in [1.54, 1.807) is 0 Å². The molecule has 0 spiro atoms. The van der Waals surface area contributed by atoms with Gasteiger partial charge in [-0.3, -0.25) is 0 Å². The van der Waals surface area contributed by atoms with Gasteiger partial charge in [-0.15, -0.1) is 0 Å². The SMILES string of the molecule is CCCCC(CC)COc1ccc(OCCCCC(Br)CC)c2cc(C)ccc12. The van der Waals surface area contributed by atoms with Crippen molar-refractivity contribution in [2.45, 2.75) is 83.9 Å². The lowest BCUT2D eigenvalue weighted by molar-refractivity contribution is 0.235. The Morgan fingerprint density at radius 2 is 1.59 bits per heavy atom. The van der Waals surface area contributed by atoms with Crippen LogP contribution in [0.1, 0.15) is 77.7 Å². The fraction of sp³-hybridized carbons (Fsp3) is 0.615. The minimum absolute atomic E-state index is 0.631. The number of rotatable bonds is 14. The fourth-order valence-electron chi connectivity index (χ4n) is 3.62. The quantitative estimate of drug-likeness (QED) is 0.207. The van der Waals surface area contributed by atoms with Gasteiger partial charge >= 0.3 is 0 Å². The molecular formula is C26H39BrO2. The van der Waals surface area contributed by atoms with Crippen LogP contribution >= 0.6 is 15.9 Å². The van der Waals surface area contributed by atoms with Gasteiger partial charge < -0.3 is 9.47 Å². The van der Waals surface area contributed by atoms with Crippen LogP contribution in [-0.4, -0.2) is 18.0 Å². The molecule has 2 nitrogen and oxygen atoms in total. The first-order valence-electron chi connectivity index (χ1n) is 11.5. The second-order valence-corrected chi connectivity index (χ2v) is 9.48. The van der Waals surface area contributed by atoms with Gasteiger partial charge in [0, 0.05) is 15.6 Å². The third-order valence-electron chi connectivity index (χ3n) is 5.72. The van der Waals surface area contributed by atoms with Crippen molar-refractivity contribution in [3.8, 4) is 11.5 Å². The third-order valence-corrected chi connectivity index (χ3v) is 6.83. The lowest BCUT2D eigenvalue weighted by atomic mass is 10.0. The van der Waals surface area contributed by atoms with E-state index in [9.17, 15) is 0 Å². The lowest BCUT2D eigenvalue weighted by Gasteiger charge is -2.18. The van der Waals surface area contributed by atoms with Crippen LogP contribution in [0.2, 0.25) is 0 Å². The monoisotopic (exact) mass is 462 g/mol. The van der Waals surface area contributed by atoms with E-state index in [0.29, 0.717) is 10.7 Å². The first-order chi connectivity index (χ1) is 14.1. The number of alkyl halides is 1. The first-order valence-corrected chi connectivity index (χ1v) is 12.4. The zero-order valence-electron chi connectivity index (χ0n) is 18.8. The van der Waals surface area contributed by atoms with Crippen LogP contribution in [0.5, 0.6) is 11.5 Å². The molecule has 0 heterocycles. The van der Waals surface area contributed by atoms with Gasteiger partial charge in [0.05, 0.1) is 13.2 Å². The summed E-state index contributed by atoms with van der Waals surface area (Å²) >= 11 is 3.71. The Bertz CT molecular complexity index is 728. The van der Waals surface area contributed by atoms with E-state index in [0.717, 1.165) is 41.9 Å². The summed E-state index contributed by atoms with van der Waals surface area (Å²) < 4.78 is 12.5. The highest BCUT2D eigenvalue weighted by Crippen LogP contribution is 2.34. The maximum Gasteiger partial charge on any atom is 0.127 e. The van der Waals surface area contributed by atoms with Crippen molar-refractivity contribution >= 4 is 26.7 Å². The zero-order valence-corrected chi connectivity index (χ0v) is 20.4. The van der Waals surface area contributed by atoms with Crippen molar-refractivity contribution in [3.63, 3.8) is 0 Å². The summed E-state index contributed by atoms with van der Waals surface area (Å²) in [6.45, 7) is 10.4. The number of fused-ring (bicyclic) bond motifs is 1. The molecule has 0 fully saturated rings. The highest BCUT2D eigenvalue weighted by Gasteiger charge is 2.12. The largest absolute Gasteiger partial charge is 0.493 e. The van der Waals surface area contributed by atoms with E-state index in [2.05, 4.69) is 74.0 Å². The van der Waals surface area contributed by atoms with Gasteiger partial charge in [-0.1, -0.05) is 73.7 Å². The molecule has 0 amide bonds. The van der Waals surface area contributed by atoms with Crippen molar-refractivity contribution in [3.05, 3.63) is 35.9 Å². The van der Waals surface area contributed by atoms with Crippen molar-refractivity contribution in [2.75, 3.05) is 13.2 Å². The fourth-order valence-corrected chi connectivity index (χ4v) is 3.94. The minimum atomic E-state index is 0.631. The molecule has 0 bridgehead atoms. The number of benzene rings is 2. The second kappa shape index (κ2) is 13.2. The van der Waals surface area contributed by atoms with E-state index in [1.165, 1.54) is 50.5 Å². The van der Waals surface area contributed by atoms with Gasteiger partial charge in [0.1, 0.15) is 11.5 Å². The summed E-state index contributed by atoms with van der Waals surface area (Å²) in [6.07, 6.45) is 9.63. The normalized spacial score (nSPS) is 13.4. The van der Waals surface area contributed by atoms with Crippen LogP contribution in [0.4, 0.5) is 0 Å². The Morgan fingerprint density at radius 1 is 0.828 bits per heavy atom. The van der Waals surface area contributed by atoms with Crippen LogP contribution in [0.25, 0.3) is 10.8 Å². The van der Waals surface area contributed by atoms with Crippen LogP contribution in [0.3, 0.4) is 0 Å². The summed E-state index contributed by atoms with van der Waals surface area (Å²) in [6, 6.07) is 10.7. The molecule has 2 atom stereocenters. The summed E-state index contributed by atoms with van der Waals surface area (Å²) in [5, 5.41) is 2.32. The maximum atomic E-state index is 6.29. The van der Waals surface area contributed by atoms with Crippen molar-refractivity contribution < 1.29 is 9.47 Å². The van der Waals surface area contributed by atoms with Crippen molar-refractivity contribution in [2.24, 2.45) is 5.92 Å². The molecular weight excluding hydrogens is 424 g/mol. The predicted octanol–water partition coefficient (Wildman–Crippen LogP) is 8.47. The molecule has 2 aromatic carbocycles. The molecule has 0 saturated heterocycles. The molecule has 0 radical (unpaired) electrons. The predicted molar refractivity (Wildman–Crippen MR) is 130 cm³/mol. The highest BCUT2D eigenvalue weighted by molar-refractivity contribution is 9.09. The average Bonchev–Trinajstić information content (AvgIpc) is 2.74. The molecule has 2 unspecified atom stereocenters. The zero-order chi connectivity index (χ0) is 21.1. The number of hydrogen-bond donors (Lipinski definition) is 0. The molecule has 3 heteroatoms. The number of hydrogen-bond acceptors (Lipinski definition) is 2. The summed E-state index contributed by atoms with van der Waals surface area (Å²) in [5.41, 5.74) is 1.25. The molecule has 0 aliphatic carbocycles. The molecule has 162 valence electrons. The molecule has 0 aliphatic rings. The van der Waals surface area contributed by atoms with Crippen molar-refractivity contribution in [1.82, 2.24) is 0 Å². The van der Waals surface area contributed by atoms with Crippen LogP contribution < -0.4 is 9.47 Å². The smallest absolute Gasteiger partial charge is 0.127 e. The topological polar surface area (TPSA) is 18.5 Å². The molecule has 0 aromatic heterocycles. The van der Waals surface area contributed by atoms with E-state index in [4.69, 9.17) is 9.47 Å². The third kappa shape index (κ3) is 7.85. The average molecular weight is 464 g/mol. The summed E-state index contributed by atoms with van der Waals surface area (Å²) in [7, 11) is 0. The molecule has 2 rings (SSSR count). The van der Waals surface area contributed by atoms with E-state index in [-0.39, 0.29) is 0 Å². The van der Waals surface area contributed by atoms with Gasteiger partial charge in [-0.05, 0) is 63.1 Å². The molecule has 29 heavy (non-hydrogen) atoms. The molecule has 0 aliphatic heterocycles.